The van der Waals surface area contributed by atoms with Crippen LogP contribution in [0.1, 0.15) is 5.56 Å². The smallest absolute Gasteiger partial charge is 0.224 e. The summed E-state index contributed by atoms with van der Waals surface area (Å²) < 4.78 is 5.35. The van der Waals surface area contributed by atoms with Crippen LogP contribution in [0, 0.1) is 0 Å². The van der Waals surface area contributed by atoms with Crippen molar-refractivity contribution in [3.63, 3.8) is 0 Å². The Bertz CT molecular complexity index is 631. The number of benzene rings is 1. The molecular formula is C17H22ClN5O. The largest absolute Gasteiger partial charge is 0.379 e. The van der Waals surface area contributed by atoms with E-state index in [1.807, 2.05) is 30.3 Å². The average Bonchev–Trinajstić information content (AvgIpc) is 2.63. The molecule has 0 bridgehead atoms. The first-order valence-corrected chi connectivity index (χ1v) is 8.53. The molecule has 0 aliphatic carbocycles. The molecule has 0 amide bonds. The van der Waals surface area contributed by atoms with Gasteiger partial charge in [0, 0.05) is 43.9 Å². The molecule has 0 radical (unpaired) electrons. The third kappa shape index (κ3) is 5.33. The van der Waals surface area contributed by atoms with Gasteiger partial charge in [-0.1, -0.05) is 23.7 Å². The summed E-state index contributed by atoms with van der Waals surface area (Å²) in [7, 11) is 0. The number of rotatable bonds is 7. The molecule has 1 aromatic heterocycles. The Hall–Kier alpha value is -1.89. The first-order valence-electron chi connectivity index (χ1n) is 8.15. The van der Waals surface area contributed by atoms with E-state index in [1.54, 1.807) is 6.20 Å². The Morgan fingerprint density at radius 3 is 2.67 bits per heavy atom. The van der Waals surface area contributed by atoms with Gasteiger partial charge >= 0.3 is 0 Å². The summed E-state index contributed by atoms with van der Waals surface area (Å²) in [5, 5.41) is 7.32. The van der Waals surface area contributed by atoms with Crippen molar-refractivity contribution in [1.82, 2.24) is 14.9 Å². The molecule has 0 saturated carbocycles. The van der Waals surface area contributed by atoms with Gasteiger partial charge in [0.15, 0.2) is 0 Å². The number of hydrogen-bond donors (Lipinski definition) is 2. The van der Waals surface area contributed by atoms with Gasteiger partial charge in [0.25, 0.3) is 0 Å². The lowest BCUT2D eigenvalue weighted by Gasteiger charge is -2.26. The molecule has 2 heterocycles. The second-order valence-corrected chi connectivity index (χ2v) is 6.06. The Morgan fingerprint density at radius 1 is 1.08 bits per heavy atom. The molecule has 128 valence electrons. The monoisotopic (exact) mass is 347 g/mol. The second kappa shape index (κ2) is 8.82. The van der Waals surface area contributed by atoms with E-state index in [0.29, 0.717) is 12.5 Å². The molecule has 0 spiro atoms. The average molecular weight is 348 g/mol. The van der Waals surface area contributed by atoms with Crippen molar-refractivity contribution in [2.45, 2.75) is 6.54 Å². The zero-order valence-electron chi connectivity index (χ0n) is 13.5. The highest BCUT2D eigenvalue weighted by Gasteiger charge is 2.09. The van der Waals surface area contributed by atoms with E-state index >= 15 is 0 Å². The molecule has 1 saturated heterocycles. The summed E-state index contributed by atoms with van der Waals surface area (Å²) in [5.41, 5.74) is 1.15. The lowest BCUT2D eigenvalue weighted by Crippen LogP contribution is -2.39. The predicted octanol–water partition coefficient (Wildman–Crippen LogP) is 2.49. The SMILES string of the molecule is Clc1ccc(CNc2ccnc(NCCN3CCOCC3)n2)cc1. The van der Waals surface area contributed by atoms with Gasteiger partial charge in [0.1, 0.15) is 5.82 Å². The van der Waals surface area contributed by atoms with Crippen molar-refractivity contribution >= 4 is 23.4 Å². The normalized spacial score (nSPS) is 15.2. The van der Waals surface area contributed by atoms with Gasteiger partial charge in [0.05, 0.1) is 13.2 Å². The minimum atomic E-state index is 0.643. The van der Waals surface area contributed by atoms with Crippen LogP contribution in [0.5, 0.6) is 0 Å². The molecule has 24 heavy (non-hydrogen) atoms. The lowest BCUT2D eigenvalue weighted by molar-refractivity contribution is 0.0398. The number of hydrogen-bond acceptors (Lipinski definition) is 6. The number of anilines is 2. The first-order chi connectivity index (χ1) is 11.8. The summed E-state index contributed by atoms with van der Waals surface area (Å²) in [6, 6.07) is 9.63. The number of ether oxygens (including phenoxy) is 1. The maximum absolute atomic E-state index is 5.89. The first kappa shape index (κ1) is 17.0. The predicted molar refractivity (Wildman–Crippen MR) is 96.6 cm³/mol. The molecule has 0 unspecified atom stereocenters. The molecule has 2 N–H and O–H groups in total. The highest BCUT2D eigenvalue weighted by atomic mass is 35.5. The molecule has 7 heteroatoms. The van der Waals surface area contributed by atoms with E-state index in [-0.39, 0.29) is 0 Å². The lowest BCUT2D eigenvalue weighted by atomic mass is 10.2. The zero-order chi connectivity index (χ0) is 16.6. The van der Waals surface area contributed by atoms with E-state index in [1.165, 1.54) is 0 Å². The van der Waals surface area contributed by atoms with Crippen LogP contribution in [0.2, 0.25) is 5.02 Å². The Kier molecular flexibility index (Phi) is 6.23. The summed E-state index contributed by atoms with van der Waals surface area (Å²) in [6.07, 6.45) is 1.76. The Labute approximate surface area is 147 Å². The Balaban J connectivity index is 1.45. The molecule has 2 aromatic rings. The second-order valence-electron chi connectivity index (χ2n) is 5.63. The van der Waals surface area contributed by atoms with Crippen LogP contribution < -0.4 is 10.6 Å². The van der Waals surface area contributed by atoms with E-state index < -0.39 is 0 Å². The molecular weight excluding hydrogens is 326 g/mol. The number of halogens is 1. The molecule has 1 aromatic carbocycles. The van der Waals surface area contributed by atoms with Crippen LogP contribution in [0.15, 0.2) is 36.5 Å². The van der Waals surface area contributed by atoms with Crippen molar-refractivity contribution in [2.24, 2.45) is 0 Å². The summed E-state index contributed by atoms with van der Waals surface area (Å²) in [4.78, 5) is 11.1. The topological polar surface area (TPSA) is 62.3 Å². The maximum atomic E-state index is 5.89. The van der Waals surface area contributed by atoms with Crippen LogP contribution in [-0.4, -0.2) is 54.3 Å². The van der Waals surface area contributed by atoms with Gasteiger partial charge in [-0.2, -0.15) is 4.98 Å². The fourth-order valence-electron chi connectivity index (χ4n) is 2.49. The van der Waals surface area contributed by atoms with Crippen LogP contribution >= 0.6 is 11.6 Å². The van der Waals surface area contributed by atoms with Crippen molar-refractivity contribution in [1.29, 1.82) is 0 Å². The number of nitrogens with one attached hydrogen (secondary N) is 2. The third-order valence-electron chi connectivity index (χ3n) is 3.86. The maximum Gasteiger partial charge on any atom is 0.224 e. The zero-order valence-corrected chi connectivity index (χ0v) is 14.3. The highest BCUT2D eigenvalue weighted by Crippen LogP contribution is 2.12. The van der Waals surface area contributed by atoms with Crippen LogP contribution in [0.25, 0.3) is 0 Å². The highest BCUT2D eigenvalue weighted by molar-refractivity contribution is 6.30. The van der Waals surface area contributed by atoms with Crippen LogP contribution in [0.3, 0.4) is 0 Å². The number of nitrogens with zero attached hydrogens (tertiary/aromatic N) is 3. The summed E-state index contributed by atoms with van der Waals surface area (Å²) in [6.45, 7) is 6.11. The molecule has 6 nitrogen and oxygen atoms in total. The van der Waals surface area contributed by atoms with Gasteiger partial charge in [-0.15, -0.1) is 0 Å². The fraction of sp³-hybridized carbons (Fsp3) is 0.412. The van der Waals surface area contributed by atoms with Crippen molar-refractivity contribution in [3.8, 4) is 0 Å². The van der Waals surface area contributed by atoms with E-state index in [4.69, 9.17) is 16.3 Å². The molecule has 1 aliphatic heterocycles. The fourth-order valence-corrected chi connectivity index (χ4v) is 2.61. The number of morpholine rings is 1. The van der Waals surface area contributed by atoms with E-state index in [0.717, 1.165) is 55.8 Å². The Morgan fingerprint density at radius 2 is 1.88 bits per heavy atom. The van der Waals surface area contributed by atoms with Crippen molar-refractivity contribution in [3.05, 3.63) is 47.1 Å². The van der Waals surface area contributed by atoms with Gasteiger partial charge in [-0.25, -0.2) is 4.98 Å². The molecule has 3 rings (SSSR count). The molecule has 1 aliphatic rings. The minimum absolute atomic E-state index is 0.643. The van der Waals surface area contributed by atoms with Gasteiger partial charge in [-0.05, 0) is 23.8 Å². The van der Waals surface area contributed by atoms with Crippen LogP contribution in [-0.2, 0) is 11.3 Å². The number of aromatic nitrogens is 2. The summed E-state index contributed by atoms with van der Waals surface area (Å²) in [5.74, 6) is 1.44. The molecule has 1 fully saturated rings. The van der Waals surface area contributed by atoms with E-state index in [9.17, 15) is 0 Å². The van der Waals surface area contributed by atoms with Crippen LogP contribution in [0.4, 0.5) is 11.8 Å². The van der Waals surface area contributed by atoms with Gasteiger partial charge in [0.2, 0.25) is 5.95 Å². The van der Waals surface area contributed by atoms with Gasteiger partial charge < -0.3 is 15.4 Å². The van der Waals surface area contributed by atoms with E-state index in [2.05, 4.69) is 25.5 Å². The van der Waals surface area contributed by atoms with Crippen molar-refractivity contribution in [2.75, 3.05) is 50.0 Å². The van der Waals surface area contributed by atoms with Crippen molar-refractivity contribution < 1.29 is 4.74 Å². The third-order valence-corrected chi connectivity index (χ3v) is 4.11. The standard InChI is InChI=1S/C17H22ClN5O/c18-15-3-1-14(2-4-15)13-21-16-5-6-19-17(22-16)20-7-8-23-9-11-24-12-10-23/h1-6H,7-13H2,(H2,19,20,21,22). The summed E-state index contributed by atoms with van der Waals surface area (Å²) >= 11 is 5.89. The van der Waals surface area contributed by atoms with Gasteiger partial charge in [-0.3, -0.25) is 4.90 Å². The molecule has 0 atom stereocenters. The minimum Gasteiger partial charge on any atom is -0.379 e. The quantitative estimate of drug-likeness (QED) is 0.802.